The zero-order valence-corrected chi connectivity index (χ0v) is 15.4. The second-order valence-electron chi connectivity index (χ2n) is 7.62. The molecule has 0 saturated carbocycles. The zero-order chi connectivity index (χ0) is 17.5. The van der Waals surface area contributed by atoms with E-state index in [1.807, 2.05) is 19.2 Å². The monoisotopic (exact) mass is 328 g/mol. The predicted molar refractivity (Wildman–Crippen MR) is 97.4 cm³/mol. The molecule has 0 unspecified atom stereocenters. The van der Waals surface area contributed by atoms with Crippen LogP contribution in [-0.4, -0.2) is 49.6 Å². The van der Waals surface area contributed by atoms with Gasteiger partial charge >= 0.3 is 0 Å². The molecular formula is C20H28N2O2. The van der Waals surface area contributed by atoms with E-state index in [1.54, 1.807) is 0 Å². The van der Waals surface area contributed by atoms with Crippen LogP contribution >= 0.6 is 0 Å². The maximum Gasteiger partial charge on any atom is 0.171 e. The number of nitrogens with zero attached hydrogens (tertiary/aromatic N) is 2. The number of ether oxygens (including phenoxy) is 1. The standard InChI is InChI=1S/C20H28N2O2/c1-14-13-24-15(2)11-22(14)12-16(23)10-19-20(3,4)17-8-6-7-9-18(17)21(19)5/h6-10,14-15H,11-13H2,1-5H3/b19-10-/t14-,15-/m1/s1. The number of benzene rings is 1. The molecule has 2 aliphatic rings. The van der Waals surface area contributed by atoms with Gasteiger partial charge in [-0.2, -0.15) is 0 Å². The molecular weight excluding hydrogens is 300 g/mol. The second kappa shape index (κ2) is 6.34. The molecule has 2 aliphatic heterocycles. The molecule has 1 fully saturated rings. The third-order valence-electron chi connectivity index (χ3n) is 5.33. The van der Waals surface area contributed by atoms with Crippen LogP contribution in [0.15, 0.2) is 36.0 Å². The van der Waals surface area contributed by atoms with E-state index in [1.165, 1.54) is 11.3 Å². The molecule has 130 valence electrons. The first kappa shape index (κ1) is 17.2. The lowest BCUT2D eigenvalue weighted by atomic mass is 9.83. The van der Waals surface area contributed by atoms with Crippen LogP contribution in [0.3, 0.4) is 0 Å². The fourth-order valence-corrected chi connectivity index (χ4v) is 3.85. The first-order chi connectivity index (χ1) is 11.3. The van der Waals surface area contributed by atoms with Gasteiger partial charge in [-0.05, 0) is 25.5 Å². The summed E-state index contributed by atoms with van der Waals surface area (Å²) in [7, 11) is 2.05. The van der Waals surface area contributed by atoms with Gasteiger partial charge in [0.2, 0.25) is 0 Å². The molecule has 0 aromatic heterocycles. The molecule has 1 aromatic rings. The molecule has 0 N–H and O–H groups in total. The second-order valence-corrected chi connectivity index (χ2v) is 7.62. The van der Waals surface area contributed by atoms with Crippen molar-refractivity contribution in [1.82, 2.24) is 4.90 Å². The van der Waals surface area contributed by atoms with Crippen LogP contribution in [0, 0.1) is 0 Å². The lowest BCUT2D eigenvalue weighted by molar-refractivity contribution is -0.119. The van der Waals surface area contributed by atoms with Crippen LogP contribution < -0.4 is 4.90 Å². The lowest BCUT2D eigenvalue weighted by Crippen LogP contribution is -2.49. The third kappa shape index (κ3) is 3.01. The SMILES string of the molecule is C[C@@H]1CN(CC(=O)/C=C2\N(C)c3ccccc3C2(C)C)[C@H](C)CO1. The fraction of sp³-hybridized carbons (Fsp3) is 0.550. The van der Waals surface area contributed by atoms with E-state index in [2.05, 4.69) is 55.7 Å². The molecule has 1 saturated heterocycles. The smallest absolute Gasteiger partial charge is 0.171 e. The first-order valence-corrected chi connectivity index (χ1v) is 8.74. The summed E-state index contributed by atoms with van der Waals surface area (Å²) in [5, 5.41) is 0. The van der Waals surface area contributed by atoms with E-state index in [9.17, 15) is 4.79 Å². The third-order valence-corrected chi connectivity index (χ3v) is 5.33. The van der Waals surface area contributed by atoms with Crippen molar-refractivity contribution in [3.63, 3.8) is 0 Å². The van der Waals surface area contributed by atoms with Gasteiger partial charge in [0.05, 0.1) is 19.3 Å². The molecule has 0 amide bonds. The summed E-state index contributed by atoms with van der Waals surface area (Å²) in [5.74, 6) is 0.165. The van der Waals surface area contributed by atoms with Crippen LogP contribution in [0.1, 0.15) is 33.3 Å². The van der Waals surface area contributed by atoms with Gasteiger partial charge in [-0.1, -0.05) is 32.0 Å². The summed E-state index contributed by atoms with van der Waals surface area (Å²) < 4.78 is 5.65. The van der Waals surface area contributed by atoms with Crippen molar-refractivity contribution in [1.29, 1.82) is 0 Å². The Morgan fingerprint density at radius 3 is 2.75 bits per heavy atom. The van der Waals surface area contributed by atoms with Crippen LogP contribution in [-0.2, 0) is 14.9 Å². The van der Waals surface area contributed by atoms with Gasteiger partial charge < -0.3 is 9.64 Å². The minimum atomic E-state index is -0.148. The Morgan fingerprint density at radius 1 is 1.33 bits per heavy atom. The molecule has 4 nitrogen and oxygen atoms in total. The number of rotatable bonds is 3. The normalized spacial score (nSPS) is 28.2. The summed E-state index contributed by atoms with van der Waals surface area (Å²) in [4.78, 5) is 17.1. The van der Waals surface area contributed by atoms with Crippen molar-refractivity contribution in [2.24, 2.45) is 0 Å². The van der Waals surface area contributed by atoms with Crippen molar-refractivity contribution >= 4 is 11.5 Å². The minimum absolute atomic E-state index is 0.148. The van der Waals surface area contributed by atoms with E-state index in [0.717, 1.165) is 12.2 Å². The van der Waals surface area contributed by atoms with Gasteiger partial charge in [0.25, 0.3) is 0 Å². The van der Waals surface area contributed by atoms with E-state index in [0.29, 0.717) is 13.2 Å². The molecule has 0 bridgehead atoms. The van der Waals surface area contributed by atoms with Gasteiger partial charge in [-0.25, -0.2) is 0 Å². The number of hydrogen-bond donors (Lipinski definition) is 0. The van der Waals surface area contributed by atoms with Crippen molar-refractivity contribution in [3.05, 3.63) is 41.6 Å². The van der Waals surface area contributed by atoms with E-state index < -0.39 is 0 Å². The van der Waals surface area contributed by atoms with E-state index in [4.69, 9.17) is 4.74 Å². The number of fused-ring (bicyclic) bond motifs is 1. The Labute approximate surface area is 145 Å². The van der Waals surface area contributed by atoms with E-state index >= 15 is 0 Å². The van der Waals surface area contributed by atoms with E-state index in [-0.39, 0.29) is 23.3 Å². The quantitative estimate of drug-likeness (QED) is 0.799. The van der Waals surface area contributed by atoms with Gasteiger partial charge in [0.1, 0.15) is 0 Å². The number of allylic oxidation sites excluding steroid dienone is 1. The fourth-order valence-electron chi connectivity index (χ4n) is 3.85. The highest BCUT2D eigenvalue weighted by Crippen LogP contribution is 2.46. The maximum absolute atomic E-state index is 12.7. The number of anilines is 1. The summed E-state index contributed by atoms with van der Waals surface area (Å²) in [6.45, 7) is 10.5. The Balaban J connectivity index is 1.80. The average molecular weight is 328 g/mol. The largest absolute Gasteiger partial charge is 0.376 e. The van der Waals surface area contributed by atoms with Gasteiger partial charge in [-0.3, -0.25) is 9.69 Å². The van der Waals surface area contributed by atoms with Crippen LogP contribution in [0.5, 0.6) is 0 Å². The first-order valence-electron chi connectivity index (χ1n) is 8.74. The minimum Gasteiger partial charge on any atom is -0.376 e. The summed E-state index contributed by atoms with van der Waals surface area (Å²) in [6, 6.07) is 8.68. The number of para-hydroxylation sites is 1. The van der Waals surface area contributed by atoms with Crippen molar-refractivity contribution < 1.29 is 9.53 Å². The van der Waals surface area contributed by atoms with Crippen molar-refractivity contribution in [3.8, 4) is 0 Å². The predicted octanol–water partition coefficient (Wildman–Crippen LogP) is 2.98. The van der Waals surface area contributed by atoms with Gasteiger partial charge in [0, 0.05) is 42.5 Å². The van der Waals surface area contributed by atoms with Gasteiger partial charge in [-0.15, -0.1) is 0 Å². The van der Waals surface area contributed by atoms with Crippen molar-refractivity contribution in [2.45, 2.75) is 45.3 Å². The average Bonchev–Trinajstić information content (AvgIpc) is 2.72. The molecule has 3 rings (SSSR count). The van der Waals surface area contributed by atoms with Crippen LogP contribution in [0.25, 0.3) is 0 Å². The van der Waals surface area contributed by atoms with Crippen LogP contribution in [0.4, 0.5) is 5.69 Å². The molecule has 0 spiro atoms. The topological polar surface area (TPSA) is 32.8 Å². The highest BCUT2D eigenvalue weighted by Gasteiger charge is 2.38. The number of likely N-dealkylation sites (N-methyl/N-ethyl adjacent to an activating group) is 1. The Hall–Kier alpha value is -1.65. The zero-order valence-electron chi connectivity index (χ0n) is 15.4. The lowest BCUT2D eigenvalue weighted by Gasteiger charge is -2.36. The molecule has 0 radical (unpaired) electrons. The number of morpholine rings is 1. The highest BCUT2D eigenvalue weighted by atomic mass is 16.5. The highest BCUT2D eigenvalue weighted by molar-refractivity contribution is 5.94. The summed E-state index contributed by atoms with van der Waals surface area (Å²) in [6.07, 6.45) is 2.03. The molecule has 2 heterocycles. The molecule has 0 aliphatic carbocycles. The maximum atomic E-state index is 12.7. The molecule has 2 atom stereocenters. The van der Waals surface area contributed by atoms with Gasteiger partial charge in [0.15, 0.2) is 5.78 Å². The summed E-state index contributed by atoms with van der Waals surface area (Å²) >= 11 is 0. The Morgan fingerprint density at radius 2 is 2.04 bits per heavy atom. The molecule has 24 heavy (non-hydrogen) atoms. The number of ketones is 1. The molecule has 4 heteroatoms. The molecule has 1 aromatic carbocycles. The van der Waals surface area contributed by atoms with Crippen LogP contribution in [0.2, 0.25) is 0 Å². The summed E-state index contributed by atoms with van der Waals surface area (Å²) in [5.41, 5.74) is 3.39. The Bertz CT molecular complexity index is 665. The number of carbonyl (C=O) groups is 1. The van der Waals surface area contributed by atoms with Crippen molar-refractivity contribution in [2.75, 3.05) is 31.6 Å². The number of carbonyl (C=O) groups excluding carboxylic acids is 1. The Kier molecular flexibility index (Phi) is 4.54. The number of hydrogen-bond acceptors (Lipinski definition) is 4.